The molecule has 8 nitrogen and oxygen atoms in total. The number of carboxylic acid groups (broad SMARTS) is 1. The number of thioether (sulfide) groups is 1. The van der Waals surface area contributed by atoms with Crippen molar-refractivity contribution >= 4 is 40.9 Å². The summed E-state index contributed by atoms with van der Waals surface area (Å²) in [6.07, 6.45) is 1.44. The van der Waals surface area contributed by atoms with Gasteiger partial charge in [-0.25, -0.2) is 4.79 Å². The number of rotatable bonds is 7. The van der Waals surface area contributed by atoms with Gasteiger partial charge in [0, 0.05) is 11.6 Å². The first-order valence-corrected chi connectivity index (χ1v) is 10.3. The summed E-state index contributed by atoms with van der Waals surface area (Å²) in [6.45, 7) is 5.32. The molecule has 0 bridgehead atoms. The molecule has 3 rings (SSSR count). The van der Waals surface area contributed by atoms with E-state index in [1.807, 2.05) is 13.8 Å². The summed E-state index contributed by atoms with van der Waals surface area (Å²) in [4.78, 5) is 48.6. The van der Waals surface area contributed by atoms with Crippen molar-refractivity contribution in [2.75, 3.05) is 13.2 Å². The van der Waals surface area contributed by atoms with E-state index in [4.69, 9.17) is 14.3 Å². The van der Waals surface area contributed by atoms with Gasteiger partial charge in [-0.1, -0.05) is 19.9 Å². The molecule has 2 amide bonds. The fourth-order valence-corrected chi connectivity index (χ4v) is 3.67. The molecule has 162 valence electrons. The molecule has 2 heterocycles. The van der Waals surface area contributed by atoms with Gasteiger partial charge in [-0.05, 0) is 54.4 Å². The smallest absolute Gasteiger partial charge is 0.335 e. The summed E-state index contributed by atoms with van der Waals surface area (Å²) in [5.41, 5.74) is 1.61. The summed E-state index contributed by atoms with van der Waals surface area (Å²) in [6, 6.07) is 8.02. The Balaban J connectivity index is 1.74. The largest absolute Gasteiger partial charge is 0.478 e. The number of amides is 2. The van der Waals surface area contributed by atoms with Gasteiger partial charge in [0.25, 0.3) is 11.1 Å². The average molecular weight is 443 g/mol. The Kier molecular flexibility index (Phi) is 6.65. The molecule has 1 fully saturated rings. The van der Waals surface area contributed by atoms with Crippen molar-refractivity contribution in [3.8, 4) is 11.3 Å². The first-order chi connectivity index (χ1) is 14.7. The van der Waals surface area contributed by atoms with Gasteiger partial charge in [-0.15, -0.1) is 0 Å². The van der Waals surface area contributed by atoms with Crippen LogP contribution in [-0.2, 0) is 14.3 Å². The average Bonchev–Trinajstić information content (AvgIpc) is 3.26. The number of carboxylic acids is 1. The molecule has 0 radical (unpaired) electrons. The van der Waals surface area contributed by atoms with Crippen molar-refractivity contribution in [3.05, 3.63) is 52.1 Å². The number of ether oxygens (including phenoxy) is 1. The third kappa shape index (κ3) is 5.24. The van der Waals surface area contributed by atoms with Crippen molar-refractivity contribution in [2.24, 2.45) is 5.92 Å². The molecule has 1 N–H and O–H groups in total. The lowest BCUT2D eigenvalue weighted by Crippen LogP contribution is -2.34. The highest BCUT2D eigenvalue weighted by Crippen LogP contribution is 2.33. The van der Waals surface area contributed by atoms with Crippen molar-refractivity contribution in [1.82, 2.24) is 4.90 Å². The van der Waals surface area contributed by atoms with Crippen LogP contribution in [0.3, 0.4) is 0 Å². The quantitative estimate of drug-likeness (QED) is 0.500. The van der Waals surface area contributed by atoms with Gasteiger partial charge in [0.05, 0.1) is 17.1 Å². The molecule has 2 aromatic rings. The minimum Gasteiger partial charge on any atom is -0.478 e. The highest BCUT2D eigenvalue weighted by molar-refractivity contribution is 8.18. The van der Waals surface area contributed by atoms with Crippen molar-refractivity contribution in [1.29, 1.82) is 0 Å². The summed E-state index contributed by atoms with van der Waals surface area (Å²) >= 11 is 0.722. The number of nitrogens with zero attached hydrogens (tertiary/aromatic N) is 1. The Labute approximate surface area is 182 Å². The summed E-state index contributed by atoms with van der Waals surface area (Å²) in [5.74, 6) is -1.24. The number of benzene rings is 1. The molecule has 0 spiro atoms. The second-order valence-electron chi connectivity index (χ2n) is 7.38. The van der Waals surface area contributed by atoms with E-state index < -0.39 is 29.6 Å². The van der Waals surface area contributed by atoms with Crippen LogP contribution in [-0.4, -0.2) is 46.2 Å². The molecule has 31 heavy (non-hydrogen) atoms. The molecule has 1 aromatic carbocycles. The Bertz CT molecular complexity index is 1080. The van der Waals surface area contributed by atoms with E-state index >= 15 is 0 Å². The second kappa shape index (κ2) is 9.22. The zero-order valence-corrected chi connectivity index (χ0v) is 18.0. The summed E-state index contributed by atoms with van der Waals surface area (Å²) in [5, 5.41) is 8.53. The van der Waals surface area contributed by atoms with Crippen LogP contribution in [0.2, 0.25) is 0 Å². The Morgan fingerprint density at radius 3 is 2.61 bits per heavy atom. The minimum atomic E-state index is -1.02. The van der Waals surface area contributed by atoms with Crippen LogP contribution < -0.4 is 0 Å². The maximum Gasteiger partial charge on any atom is 0.335 e. The SMILES string of the molecule is Cc1cc(C(=O)O)ccc1-c1ccc(/C=C2\SC(=O)N(CC(=O)OCC(C)C)C2=O)o1. The highest BCUT2D eigenvalue weighted by Gasteiger charge is 2.37. The molecule has 0 unspecified atom stereocenters. The normalized spacial score (nSPS) is 15.2. The van der Waals surface area contributed by atoms with Crippen LogP contribution in [0, 0.1) is 12.8 Å². The molecule has 0 saturated carbocycles. The third-order valence-corrected chi connectivity index (χ3v) is 5.28. The number of furan rings is 1. The number of aryl methyl sites for hydroxylation is 1. The summed E-state index contributed by atoms with van der Waals surface area (Å²) in [7, 11) is 0. The highest BCUT2D eigenvalue weighted by atomic mass is 32.2. The standard InChI is InChI=1S/C22H21NO7S/c1-12(2)11-29-19(24)10-23-20(25)18(31-22(23)28)9-15-5-7-17(30-15)16-6-4-14(21(26)27)8-13(16)3/h4-9,12H,10-11H2,1-3H3,(H,26,27)/b18-9-. The fraction of sp³-hybridized carbons (Fsp3) is 0.273. The molecule has 0 atom stereocenters. The zero-order valence-electron chi connectivity index (χ0n) is 17.2. The van der Waals surface area contributed by atoms with Crippen LogP contribution in [0.1, 0.15) is 35.5 Å². The molecule has 0 aliphatic carbocycles. The number of carbonyl (C=O) groups is 4. The lowest BCUT2D eigenvalue weighted by Gasteiger charge is -2.12. The van der Waals surface area contributed by atoms with Gasteiger partial charge in [-0.2, -0.15) is 0 Å². The Hall–Kier alpha value is -3.33. The number of hydrogen-bond donors (Lipinski definition) is 1. The monoisotopic (exact) mass is 443 g/mol. The van der Waals surface area contributed by atoms with Gasteiger partial charge in [0.15, 0.2) is 0 Å². The number of aromatic carboxylic acids is 1. The van der Waals surface area contributed by atoms with Crippen LogP contribution in [0.25, 0.3) is 17.4 Å². The van der Waals surface area contributed by atoms with Gasteiger partial charge in [0.2, 0.25) is 0 Å². The molecular weight excluding hydrogens is 422 g/mol. The zero-order chi connectivity index (χ0) is 22.7. The fourth-order valence-electron chi connectivity index (χ4n) is 2.85. The van der Waals surface area contributed by atoms with Crippen molar-refractivity contribution in [3.63, 3.8) is 0 Å². The second-order valence-corrected chi connectivity index (χ2v) is 8.37. The Morgan fingerprint density at radius 2 is 1.97 bits per heavy atom. The molecule has 1 aliphatic rings. The number of imide groups is 1. The van der Waals surface area contributed by atoms with Gasteiger partial charge >= 0.3 is 11.9 Å². The van der Waals surface area contributed by atoms with E-state index in [-0.39, 0.29) is 23.0 Å². The first kappa shape index (κ1) is 22.4. The van der Waals surface area contributed by atoms with Crippen molar-refractivity contribution < 1.29 is 33.4 Å². The number of hydrogen-bond acceptors (Lipinski definition) is 7. The van der Waals surface area contributed by atoms with E-state index in [1.165, 1.54) is 12.1 Å². The van der Waals surface area contributed by atoms with Gasteiger partial charge < -0.3 is 14.3 Å². The first-order valence-electron chi connectivity index (χ1n) is 9.51. The van der Waals surface area contributed by atoms with E-state index in [0.717, 1.165) is 22.2 Å². The van der Waals surface area contributed by atoms with Gasteiger partial charge in [-0.3, -0.25) is 19.3 Å². The molecule has 1 saturated heterocycles. The van der Waals surface area contributed by atoms with Crippen LogP contribution >= 0.6 is 11.8 Å². The Morgan fingerprint density at radius 1 is 1.23 bits per heavy atom. The lowest BCUT2D eigenvalue weighted by atomic mass is 10.0. The van der Waals surface area contributed by atoms with Crippen molar-refractivity contribution in [2.45, 2.75) is 20.8 Å². The topological polar surface area (TPSA) is 114 Å². The molecule has 9 heteroatoms. The number of carbonyl (C=O) groups excluding carboxylic acids is 3. The molecule has 1 aromatic heterocycles. The predicted molar refractivity (Wildman–Crippen MR) is 114 cm³/mol. The van der Waals surface area contributed by atoms with Crippen LogP contribution in [0.5, 0.6) is 0 Å². The maximum atomic E-state index is 12.5. The van der Waals surface area contributed by atoms with E-state index in [2.05, 4.69) is 0 Å². The number of esters is 1. The lowest BCUT2D eigenvalue weighted by molar-refractivity contribution is -0.147. The van der Waals surface area contributed by atoms with E-state index in [9.17, 15) is 19.2 Å². The molecular formula is C22H21NO7S. The predicted octanol–water partition coefficient (Wildman–Crippen LogP) is 4.19. The van der Waals surface area contributed by atoms with E-state index in [1.54, 1.807) is 31.2 Å². The minimum absolute atomic E-state index is 0.139. The van der Waals surface area contributed by atoms with Gasteiger partial charge in [0.1, 0.15) is 18.1 Å². The molecule has 1 aliphatic heterocycles. The van der Waals surface area contributed by atoms with Crippen LogP contribution in [0.4, 0.5) is 4.79 Å². The van der Waals surface area contributed by atoms with Crippen LogP contribution in [0.15, 0.2) is 39.7 Å². The summed E-state index contributed by atoms with van der Waals surface area (Å²) < 4.78 is 10.8. The third-order valence-electron chi connectivity index (χ3n) is 4.38. The maximum absolute atomic E-state index is 12.5. The van der Waals surface area contributed by atoms with E-state index in [0.29, 0.717) is 17.1 Å².